The van der Waals surface area contributed by atoms with Crippen LogP contribution in [0, 0.1) is 0 Å². The Morgan fingerprint density at radius 1 is 1.37 bits per heavy atom. The van der Waals surface area contributed by atoms with Crippen molar-refractivity contribution in [3.8, 4) is 5.75 Å². The molecule has 1 saturated heterocycles. The molecule has 19 heavy (non-hydrogen) atoms. The van der Waals surface area contributed by atoms with Gasteiger partial charge in [-0.2, -0.15) is 0 Å². The average molecular weight is 261 g/mol. The molecule has 0 unspecified atom stereocenters. The summed E-state index contributed by atoms with van der Waals surface area (Å²) in [5.74, 6) is 0.0735. The molecule has 1 aromatic carbocycles. The van der Waals surface area contributed by atoms with Crippen molar-refractivity contribution in [2.45, 2.75) is 19.1 Å². The summed E-state index contributed by atoms with van der Waals surface area (Å²) in [4.78, 5) is 13.6. The van der Waals surface area contributed by atoms with E-state index in [2.05, 4.69) is 4.90 Å². The van der Waals surface area contributed by atoms with Crippen LogP contribution in [0.2, 0.25) is 0 Å². The summed E-state index contributed by atoms with van der Waals surface area (Å²) in [6.07, 6.45) is 0.482. The van der Waals surface area contributed by atoms with Crippen molar-refractivity contribution in [3.63, 3.8) is 0 Å². The maximum absolute atomic E-state index is 11.5. The number of phenols is 1. The van der Waals surface area contributed by atoms with E-state index >= 15 is 0 Å². The summed E-state index contributed by atoms with van der Waals surface area (Å²) in [5.41, 5.74) is 0.829. The van der Waals surface area contributed by atoms with Crippen molar-refractivity contribution < 1.29 is 14.6 Å². The number of hydrogen-bond acceptors (Lipinski definition) is 5. The number of aliphatic hydroxyl groups excluding tert-OH is 1. The van der Waals surface area contributed by atoms with Gasteiger partial charge in [-0.3, -0.25) is 4.90 Å². The fourth-order valence-corrected chi connectivity index (χ4v) is 2.55. The van der Waals surface area contributed by atoms with Gasteiger partial charge < -0.3 is 14.6 Å². The van der Waals surface area contributed by atoms with Crippen LogP contribution in [-0.4, -0.2) is 34.3 Å². The Kier molecular flexibility index (Phi) is 3.00. The molecule has 5 heteroatoms. The predicted molar refractivity (Wildman–Crippen MR) is 70.0 cm³/mol. The molecule has 0 amide bonds. The van der Waals surface area contributed by atoms with Crippen LogP contribution in [0.5, 0.6) is 5.75 Å². The van der Waals surface area contributed by atoms with Crippen molar-refractivity contribution in [1.29, 1.82) is 0 Å². The third-order valence-electron chi connectivity index (χ3n) is 3.46. The number of aliphatic hydroxyl groups is 1. The lowest BCUT2D eigenvalue weighted by molar-refractivity contribution is 0.175. The molecule has 1 aromatic heterocycles. The van der Waals surface area contributed by atoms with E-state index in [-0.39, 0.29) is 11.9 Å². The van der Waals surface area contributed by atoms with Gasteiger partial charge in [0.1, 0.15) is 11.3 Å². The summed E-state index contributed by atoms with van der Waals surface area (Å²) in [6, 6.07) is 6.24. The maximum atomic E-state index is 11.5. The van der Waals surface area contributed by atoms with Crippen LogP contribution in [0.25, 0.3) is 11.0 Å². The smallest absolute Gasteiger partial charge is 0.336 e. The first kappa shape index (κ1) is 12.2. The van der Waals surface area contributed by atoms with Gasteiger partial charge in [0, 0.05) is 37.2 Å². The first-order valence-corrected chi connectivity index (χ1v) is 6.28. The van der Waals surface area contributed by atoms with Crippen LogP contribution in [-0.2, 0) is 6.54 Å². The highest BCUT2D eigenvalue weighted by Gasteiger charge is 2.21. The van der Waals surface area contributed by atoms with Gasteiger partial charge in [0.15, 0.2) is 0 Å². The molecule has 100 valence electrons. The zero-order valence-electron chi connectivity index (χ0n) is 10.4. The zero-order valence-corrected chi connectivity index (χ0v) is 10.4. The maximum Gasteiger partial charge on any atom is 0.336 e. The molecule has 2 aromatic rings. The van der Waals surface area contributed by atoms with E-state index in [1.165, 1.54) is 12.1 Å². The fraction of sp³-hybridized carbons (Fsp3) is 0.357. The van der Waals surface area contributed by atoms with Crippen LogP contribution in [0.15, 0.2) is 33.5 Å². The molecule has 0 aliphatic carbocycles. The van der Waals surface area contributed by atoms with E-state index in [1.807, 2.05) is 0 Å². The Hall–Kier alpha value is -1.85. The van der Waals surface area contributed by atoms with Crippen LogP contribution in [0.4, 0.5) is 0 Å². The van der Waals surface area contributed by atoms with Gasteiger partial charge in [-0.05, 0) is 24.1 Å². The number of benzene rings is 1. The van der Waals surface area contributed by atoms with Gasteiger partial charge in [-0.15, -0.1) is 0 Å². The van der Waals surface area contributed by atoms with Crippen molar-refractivity contribution in [1.82, 2.24) is 4.90 Å². The Balaban J connectivity index is 2.00. The second-order valence-electron chi connectivity index (χ2n) is 4.95. The van der Waals surface area contributed by atoms with Crippen LogP contribution < -0.4 is 5.63 Å². The standard InChI is InChI=1S/C14H15NO4/c16-10-1-2-12-9(5-14(18)19-13(12)6-10)7-15-4-3-11(17)8-15/h1-2,5-6,11,16-17H,3-4,7-8H2/t11-/m0/s1. The predicted octanol–water partition coefficient (Wildman–Crippen LogP) is 1.07. The van der Waals surface area contributed by atoms with Gasteiger partial charge in [-0.1, -0.05) is 0 Å². The highest BCUT2D eigenvalue weighted by molar-refractivity contribution is 5.81. The highest BCUT2D eigenvalue weighted by atomic mass is 16.4. The Morgan fingerprint density at radius 2 is 2.21 bits per heavy atom. The van der Waals surface area contributed by atoms with E-state index in [9.17, 15) is 15.0 Å². The zero-order chi connectivity index (χ0) is 13.4. The average Bonchev–Trinajstić information content (AvgIpc) is 2.74. The molecule has 3 rings (SSSR count). The highest BCUT2D eigenvalue weighted by Crippen LogP contribution is 2.23. The molecule has 0 spiro atoms. The normalized spacial score (nSPS) is 20.2. The number of β-amino-alcohol motifs (C(OH)–C–C–N with tert-alkyl or cyclic N) is 1. The van der Waals surface area contributed by atoms with E-state index in [4.69, 9.17) is 4.42 Å². The molecule has 5 nitrogen and oxygen atoms in total. The monoisotopic (exact) mass is 261 g/mol. The lowest BCUT2D eigenvalue weighted by atomic mass is 10.1. The number of phenolic OH excluding ortho intramolecular Hbond substituents is 1. The summed E-state index contributed by atoms with van der Waals surface area (Å²) in [7, 11) is 0. The van der Waals surface area contributed by atoms with E-state index in [0.717, 1.165) is 23.9 Å². The van der Waals surface area contributed by atoms with Gasteiger partial charge in [0.2, 0.25) is 0 Å². The number of nitrogens with zero attached hydrogens (tertiary/aromatic N) is 1. The minimum Gasteiger partial charge on any atom is -0.508 e. The number of rotatable bonds is 2. The summed E-state index contributed by atoms with van der Waals surface area (Å²) in [5, 5.41) is 19.8. The Morgan fingerprint density at radius 3 is 2.95 bits per heavy atom. The topological polar surface area (TPSA) is 73.9 Å². The minimum atomic E-state index is -0.423. The summed E-state index contributed by atoms with van der Waals surface area (Å²) < 4.78 is 5.09. The molecular weight excluding hydrogens is 246 g/mol. The van der Waals surface area contributed by atoms with Gasteiger partial charge in [0.25, 0.3) is 0 Å². The van der Waals surface area contributed by atoms with Crippen molar-refractivity contribution in [2.24, 2.45) is 0 Å². The van der Waals surface area contributed by atoms with Crippen molar-refractivity contribution >= 4 is 11.0 Å². The molecule has 0 bridgehead atoms. The molecular formula is C14H15NO4. The number of likely N-dealkylation sites (tertiary alicyclic amines) is 1. The fourth-order valence-electron chi connectivity index (χ4n) is 2.55. The second kappa shape index (κ2) is 4.68. The van der Waals surface area contributed by atoms with Crippen LogP contribution >= 0.6 is 0 Å². The lowest BCUT2D eigenvalue weighted by Crippen LogP contribution is -2.22. The first-order valence-electron chi connectivity index (χ1n) is 6.28. The molecule has 0 radical (unpaired) electrons. The minimum absolute atomic E-state index is 0.0735. The molecule has 1 fully saturated rings. The third-order valence-corrected chi connectivity index (χ3v) is 3.46. The summed E-state index contributed by atoms with van der Waals surface area (Å²) in [6.45, 7) is 2.05. The molecule has 1 aliphatic heterocycles. The van der Waals surface area contributed by atoms with Gasteiger partial charge >= 0.3 is 5.63 Å². The Labute approximate surface area is 109 Å². The van der Waals surface area contributed by atoms with Gasteiger partial charge in [-0.25, -0.2) is 4.79 Å². The number of fused-ring (bicyclic) bond motifs is 1. The summed E-state index contributed by atoms with van der Waals surface area (Å²) >= 11 is 0. The molecule has 2 heterocycles. The van der Waals surface area contributed by atoms with Crippen LogP contribution in [0.1, 0.15) is 12.0 Å². The second-order valence-corrected chi connectivity index (χ2v) is 4.95. The largest absolute Gasteiger partial charge is 0.508 e. The third kappa shape index (κ3) is 2.47. The van der Waals surface area contributed by atoms with Crippen molar-refractivity contribution in [2.75, 3.05) is 13.1 Å². The SMILES string of the molecule is O=c1cc(CN2CC[C@H](O)C2)c2ccc(O)cc2o1. The Bertz CT molecular complexity index is 664. The molecule has 2 N–H and O–H groups in total. The molecule has 1 aliphatic rings. The van der Waals surface area contributed by atoms with E-state index in [1.54, 1.807) is 12.1 Å². The number of hydrogen-bond donors (Lipinski definition) is 2. The molecule has 1 atom stereocenters. The van der Waals surface area contributed by atoms with Crippen LogP contribution in [0.3, 0.4) is 0 Å². The number of aromatic hydroxyl groups is 1. The quantitative estimate of drug-likeness (QED) is 0.791. The van der Waals surface area contributed by atoms with E-state index in [0.29, 0.717) is 18.7 Å². The first-order chi connectivity index (χ1) is 9.11. The van der Waals surface area contributed by atoms with Gasteiger partial charge in [0.05, 0.1) is 6.10 Å². The van der Waals surface area contributed by atoms with Crippen molar-refractivity contribution in [3.05, 3.63) is 40.2 Å². The van der Waals surface area contributed by atoms with E-state index < -0.39 is 5.63 Å². The molecule has 0 saturated carbocycles. The lowest BCUT2D eigenvalue weighted by Gasteiger charge is -2.15.